The predicted molar refractivity (Wildman–Crippen MR) is 78.3 cm³/mol. The second-order valence-electron chi connectivity index (χ2n) is 4.75. The lowest BCUT2D eigenvalue weighted by atomic mass is 9.59. The molecule has 0 aliphatic carbocycles. The smallest absolute Gasteiger partial charge is 0.406 e. The van der Waals surface area contributed by atoms with E-state index in [1.807, 2.05) is 60.7 Å². The fraction of sp³-hybridized carbons (Fsp3) is 0.250. The van der Waals surface area contributed by atoms with Gasteiger partial charge in [0, 0.05) is 7.11 Å². The van der Waals surface area contributed by atoms with Crippen LogP contribution in [-0.4, -0.2) is 27.4 Å². The summed E-state index contributed by atoms with van der Waals surface area (Å²) >= 11 is 0. The molecule has 1 aliphatic rings. The van der Waals surface area contributed by atoms with Crippen molar-refractivity contribution in [2.75, 3.05) is 20.3 Å². The third-order valence-electron chi connectivity index (χ3n) is 3.68. The summed E-state index contributed by atoms with van der Waals surface area (Å²) in [5, 5.41) is 0. The number of hydrogen-bond donors (Lipinski definition) is 0. The molecule has 4 heteroatoms. The fourth-order valence-corrected chi connectivity index (χ4v) is 2.74. The second kappa shape index (κ2) is 5.79. The van der Waals surface area contributed by atoms with E-state index in [0.717, 1.165) is 11.1 Å². The van der Waals surface area contributed by atoms with Crippen LogP contribution in [0.4, 0.5) is 0 Å². The Morgan fingerprint density at radius 2 is 1.30 bits per heavy atom. The van der Waals surface area contributed by atoms with E-state index in [4.69, 9.17) is 14.0 Å². The molecule has 1 heterocycles. The zero-order valence-electron chi connectivity index (χ0n) is 11.5. The molecule has 2 aromatic rings. The van der Waals surface area contributed by atoms with Crippen molar-refractivity contribution >= 4 is 7.12 Å². The Bertz CT molecular complexity index is 499. The highest BCUT2D eigenvalue weighted by molar-refractivity contribution is 6.49. The highest BCUT2D eigenvalue weighted by Crippen LogP contribution is 2.37. The van der Waals surface area contributed by atoms with Crippen LogP contribution in [0.2, 0.25) is 0 Å². The summed E-state index contributed by atoms with van der Waals surface area (Å²) in [6, 6.07) is 20.2. The Labute approximate surface area is 119 Å². The lowest BCUT2D eigenvalue weighted by molar-refractivity contribution is 0.0593. The van der Waals surface area contributed by atoms with Crippen molar-refractivity contribution in [1.29, 1.82) is 0 Å². The monoisotopic (exact) mass is 268 g/mol. The minimum absolute atomic E-state index is 0.433. The highest BCUT2D eigenvalue weighted by atomic mass is 16.7. The molecule has 1 fully saturated rings. The fourth-order valence-electron chi connectivity index (χ4n) is 2.74. The summed E-state index contributed by atoms with van der Waals surface area (Å²) in [7, 11) is 1.27. The molecule has 0 aromatic heterocycles. The van der Waals surface area contributed by atoms with E-state index < -0.39 is 12.6 Å². The minimum atomic E-state index is -0.737. The number of rotatable bonds is 4. The Morgan fingerprint density at radius 3 is 1.70 bits per heavy atom. The minimum Gasteiger partial charge on any atom is -0.406 e. The first-order chi connectivity index (χ1) is 9.88. The topological polar surface area (TPSA) is 27.7 Å². The van der Waals surface area contributed by atoms with Gasteiger partial charge in [0.1, 0.15) is 0 Å². The molecular weight excluding hydrogens is 251 g/mol. The molecule has 0 unspecified atom stereocenters. The Morgan fingerprint density at radius 1 is 0.850 bits per heavy atom. The molecule has 0 saturated carbocycles. The molecule has 0 bridgehead atoms. The van der Waals surface area contributed by atoms with Gasteiger partial charge in [-0.15, -0.1) is 0 Å². The van der Waals surface area contributed by atoms with Gasteiger partial charge in [-0.25, -0.2) is 0 Å². The van der Waals surface area contributed by atoms with Gasteiger partial charge in [-0.3, -0.25) is 0 Å². The standard InChI is InChI=1S/C16H17BO3/c1-18-16(17-19-12-13-20-17,14-8-4-2-5-9-14)15-10-6-3-7-11-15/h2-11H,12-13H2,1H3. The molecule has 1 saturated heterocycles. The summed E-state index contributed by atoms with van der Waals surface area (Å²) in [6.45, 7) is 1.19. The van der Waals surface area contributed by atoms with Crippen LogP contribution in [0.5, 0.6) is 0 Å². The van der Waals surface area contributed by atoms with Gasteiger partial charge < -0.3 is 14.0 Å². The van der Waals surface area contributed by atoms with Gasteiger partial charge in [-0.2, -0.15) is 0 Å². The van der Waals surface area contributed by atoms with Crippen molar-refractivity contribution in [2.24, 2.45) is 0 Å². The molecule has 102 valence electrons. The second-order valence-corrected chi connectivity index (χ2v) is 4.75. The quantitative estimate of drug-likeness (QED) is 0.798. The molecular formula is C16H17BO3. The van der Waals surface area contributed by atoms with E-state index in [1.165, 1.54) is 0 Å². The number of benzene rings is 2. The van der Waals surface area contributed by atoms with Crippen LogP contribution in [0.3, 0.4) is 0 Å². The molecule has 0 radical (unpaired) electrons. The molecule has 0 spiro atoms. The van der Waals surface area contributed by atoms with E-state index >= 15 is 0 Å². The van der Waals surface area contributed by atoms with Crippen LogP contribution >= 0.6 is 0 Å². The molecule has 3 rings (SSSR count). The van der Waals surface area contributed by atoms with Crippen LogP contribution in [-0.2, 0) is 19.5 Å². The maximum Gasteiger partial charge on any atom is 0.501 e. The van der Waals surface area contributed by atoms with Crippen molar-refractivity contribution in [3.63, 3.8) is 0 Å². The zero-order valence-corrected chi connectivity index (χ0v) is 11.5. The molecule has 0 atom stereocenters. The third kappa shape index (κ3) is 2.16. The number of hydrogen-bond acceptors (Lipinski definition) is 3. The van der Waals surface area contributed by atoms with Gasteiger partial charge in [-0.1, -0.05) is 60.7 Å². The molecule has 0 N–H and O–H groups in total. The van der Waals surface area contributed by atoms with Crippen molar-refractivity contribution in [1.82, 2.24) is 0 Å². The first-order valence-electron chi connectivity index (χ1n) is 6.77. The van der Waals surface area contributed by atoms with Gasteiger partial charge in [0.25, 0.3) is 0 Å². The van der Waals surface area contributed by atoms with Crippen molar-refractivity contribution < 1.29 is 14.0 Å². The van der Waals surface area contributed by atoms with E-state index in [-0.39, 0.29) is 0 Å². The summed E-state index contributed by atoms with van der Waals surface area (Å²) < 4.78 is 17.5. The SMILES string of the molecule is COC(B1OCCO1)(c1ccccc1)c1ccccc1. The number of methoxy groups -OCH3 is 1. The van der Waals surface area contributed by atoms with E-state index in [2.05, 4.69) is 0 Å². The lowest BCUT2D eigenvalue weighted by Gasteiger charge is -2.34. The molecule has 1 aliphatic heterocycles. The zero-order chi connectivity index (χ0) is 13.8. The largest absolute Gasteiger partial charge is 0.501 e. The summed E-state index contributed by atoms with van der Waals surface area (Å²) in [4.78, 5) is 0. The molecule has 2 aromatic carbocycles. The molecule has 3 nitrogen and oxygen atoms in total. The maximum absolute atomic E-state index is 5.94. The van der Waals surface area contributed by atoms with Gasteiger partial charge in [0.15, 0.2) is 5.50 Å². The molecule has 20 heavy (non-hydrogen) atoms. The summed E-state index contributed by atoms with van der Waals surface area (Å²) in [5.41, 5.74) is 1.32. The van der Waals surface area contributed by atoms with Gasteiger partial charge in [-0.05, 0) is 11.1 Å². The first kappa shape index (κ1) is 13.4. The van der Waals surface area contributed by atoms with Crippen LogP contribution in [0.25, 0.3) is 0 Å². The van der Waals surface area contributed by atoms with Crippen LogP contribution in [0, 0.1) is 0 Å². The average Bonchev–Trinajstić information content (AvgIpc) is 3.06. The number of ether oxygens (including phenoxy) is 1. The van der Waals surface area contributed by atoms with E-state index in [1.54, 1.807) is 7.11 Å². The summed E-state index contributed by atoms with van der Waals surface area (Å²) in [6.07, 6.45) is 0. The van der Waals surface area contributed by atoms with Gasteiger partial charge in [0.05, 0.1) is 13.2 Å². The van der Waals surface area contributed by atoms with Gasteiger partial charge >= 0.3 is 7.12 Å². The van der Waals surface area contributed by atoms with Gasteiger partial charge in [0.2, 0.25) is 0 Å². The first-order valence-corrected chi connectivity index (χ1v) is 6.77. The third-order valence-corrected chi connectivity index (χ3v) is 3.68. The van der Waals surface area contributed by atoms with Crippen LogP contribution < -0.4 is 0 Å². The average molecular weight is 268 g/mol. The maximum atomic E-state index is 5.94. The lowest BCUT2D eigenvalue weighted by Crippen LogP contribution is -2.47. The Hall–Kier alpha value is -1.62. The van der Waals surface area contributed by atoms with Crippen molar-refractivity contribution in [2.45, 2.75) is 5.50 Å². The Balaban J connectivity index is 2.15. The summed E-state index contributed by atoms with van der Waals surface area (Å²) in [5.74, 6) is 0. The van der Waals surface area contributed by atoms with Crippen LogP contribution in [0.1, 0.15) is 11.1 Å². The van der Waals surface area contributed by atoms with Crippen LogP contribution in [0.15, 0.2) is 60.7 Å². The molecule has 0 amide bonds. The van der Waals surface area contributed by atoms with Crippen molar-refractivity contribution in [3.05, 3.63) is 71.8 Å². The predicted octanol–water partition coefficient (Wildman–Crippen LogP) is 2.65. The normalized spacial score (nSPS) is 15.6. The Kier molecular flexibility index (Phi) is 3.87. The van der Waals surface area contributed by atoms with E-state index in [0.29, 0.717) is 13.2 Å². The highest BCUT2D eigenvalue weighted by Gasteiger charge is 2.51. The van der Waals surface area contributed by atoms with E-state index in [9.17, 15) is 0 Å². The van der Waals surface area contributed by atoms with Crippen molar-refractivity contribution in [3.8, 4) is 0 Å².